The normalized spacial score (nSPS) is 14.8. The Bertz CT molecular complexity index is 459. The van der Waals surface area contributed by atoms with Gasteiger partial charge in [-0.3, -0.25) is 4.79 Å². The largest absolute Gasteiger partial charge is 0.480 e. The van der Waals surface area contributed by atoms with Crippen molar-refractivity contribution in [2.24, 2.45) is 5.73 Å². The molecule has 0 spiro atoms. The molecule has 1 atom stereocenters. The molecule has 1 rings (SSSR count). The Balaban J connectivity index is 2.97. The summed E-state index contributed by atoms with van der Waals surface area (Å²) in [6.45, 7) is -0.687. The van der Waals surface area contributed by atoms with Crippen LogP contribution >= 0.6 is 0 Å². The third-order valence-electron chi connectivity index (χ3n) is 2.98. The number of hydrogen-bond donors (Lipinski definition) is 2. The monoisotopic (exact) mass is 291 g/mol. The third-order valence-corrected chi connectivity index (χ3v) is 2.98. The molecule has 1 aromatic carbocycles. The van der Waals surface area contributed by atoms with Crippen LogP contribution in [0.3, 0.4) is 0 Å². The molecule has 0 bridgehead atoms. The van der Waals surface area contributed by atoms with Gasteiger partial charge in [-0.25, -0.2) is 0 Å². The van der Waals surface area contributed by atoms with E-state index in [0.717, 1.165) is 5.56 Å². The van der Waals surface area contributed by atoms with Crippen LogP contribution in [0.2, 0.25) is 0 Å². The molecule has 112 valence electrons. The number of benzene rings is 1. The van der Waals surface area contributed by atoms with Crippen molar-refractivity contribution in [3.05, 3.63) is 35.4 Å². The highest BCUT2D eigenvalue weighted by atomic mass is 19.4. The first-order chi connectivity index (χ1) is 9.21. The first-order valence-corrected chi connectivity index (χ1v) is 5.86. The van der Waals surface area contributed by atoms with Crippen molar-refractivity contribution in [2.75, 3.05) is 19.8 Å². The maximum absolute atomic E-state index is 12.1. The number of carboxylic acids is 1. The summed E-state index contributed by atoms with van der Waals surface area (Å²) < 4.78 is 40.8. The Labute approximate surface area is 114 Å². The zero-order valence-corrected chi connectivity index (χ0v) is 10.9. The van der Waals surface area contributed by atoms with Crippen molar-refractivity contribution in [1.82, 2.24) is 0 Å². The minimum absolute atomic E-state index is 0.320. The Kier molecular flexibility index (Phi) is 5.13. The van der Waals surface area contributed by atoms with E-state index < -0.39 is 30.8 Å². The lowest BCUT2D eigenvalue weighted by atomic mass is 9.81. The third kappa shape index (κ3) is 3.94. The van der Waals surface area contributed by atoms with Gasteiger partial charge in [0.05, 0.1) is 6.61 Å². The van der Waals surface area contributed by atoms with Gasteiger partial charge >= 0.3 is 12.1 Å². The summed E-state index contributed by atoms with van der Waals surface area (Å²) in [4.78, 5) is 11.5. The van der Waals surface area contributed by atoms with E-state index >= 15 is 0 Å². The van der Waals surface area contributed by atoms with Gasteiger partial charge in [0.2, 0.25) is 0 Å². The van der Waals surface area contributed by atoms with Crippen molar-refractivity contribution in [1.29, 1.82) is 0 Å². The fourth-order valence-corrected chi connectivity index (χ4v) is 1.75. The maximum atomic E-state index is 12.1. The number of halogens is 3. The van der Waals surface area contributed by atoms with E-state index in [9.17, 15) is 23.1 Å². The zero-order chi connectivity index (χ0) is 15.4. The van der Waals surface area contributed by atoms with E-state index in [4.69, 9.17) is 5.73 Å². The first-order valence-electron chi connectivity index (χ1n) is 5.86. The smallest absolute Gasteiger partial charge is 0.411 e. The van der Waals surface area contributed by atoms with E-state index in [-0.39, 0.29) is 6.54 Å². The summed E-state index contributed by atoms with van der Waals surface area (Å²) in [7, 11) is 0. The van der Waals surface area contributed by atoms with Gasteiger partial charge in [-0.05, 0) is 12.5 Å². The summed E-state index contributed by atoms with van der Waals surface area (Å²) in [6, 6.07) is 6.42. The number of carbonyl (C=O) groups is 1. The molecule has 0 saturated heterocycles. The minimum atomic E-state index is -4.51. The Morgan fingerprint density at radius 2 is 1.80 bits per heavy atom. The number of aliphatic carboxylic acids is 1. The number of aryl methyl sites for hydroxylation is 1. The van der Waals surface area contributed by atoms with Crippen molar-refractivity contribution < 1.29 is 27.8 Å². The molecule has 0 aliphatic rings. The molecular weight excluding hydrogens is 275 g/mol. The van der Waals surface area contributed by atoms with E-state index in [2.05, 4.69) is 4.74 Å². The highest BCUT2D eigenvalue weighted by Gasteiger charge is 2.41. The fraction of sp³-hybridized carbons (Fsp3) is 0.462. The standard InChI is InChI=1S/C13H16F3NO3/c1-9-2-4-10(5-3-9)12(6-17,11(18)19)7-20-8-13(14,15)16/h2-5H,6-8,17H2,1H3,(H,18,19). The first kappa shape index (κ1) is 16.5. The predicted molar refractivity (Wildman–Crippen MR) is 66.4 cm³/mol. The van der Waals surface area contributed by atoms with E-state index in [0.29, 0.717) is 5.56 Å². The SMILES string of the molecule is Cc1ccc(C(CN)(COCC(F)(F)F)C(=O)O)cc1. The van der Waals surface area contributed by atoms with Crippen molar-refractivity contribution in [2.45, 2.75) is 18.5 Å². The lowest BCUT2D eigenvalue weighted by Gasteiger charge is -2.28. The van der Waals surface area contributed by atoms with Crippen LogP contribution in [0.5, 0.6) is 0 Å². The summed E-state index contributed by atoms with van der Waals surface area (Å²) in [5.74, 6) is -1.31. The van der Waals surface area contributed by atoms with Gasteiger partial charge < -0.3 is 15.6 Å². The van der Waals surface area contributed by atoms with Crippen LogP contribution in [-0.2, 0) is 14.9 Å². The highest BCUT2D eigenvalue weighted by molar-refractivity contribution is 5.82. The molecule has 0 heterocycles. The molecule has 20 heavy (non-hydrogen) atoms. The number of alkyl halides is 3. The number of rotatable bonds is 6. The Hall–Kier alpha value is -1.60. The van der Waals surface area contributed by atoms with Gasteiger partial charge in [-0.15, -0.1) is 0 Å². The molecule has 0 aromatic heterocycles. The van der Waals surface area contributed by atoms with Gasteiger partial charge in [0.1, 0.15) is 12.0 Å². The molecular formula is C13H16F3NO3. The van der Waals surface area contributed by atoms with Gasteiger partial charge in [0.15, 0.2) is 0 Å². The van der Waals surface area contributed by atoms with E-state index in [1.807, 2.05) is 6.92 Å². The second-order valence-electron chi connectivity index (χ2n) is 4.57. The van der Waals surface area contributed by atoms with Gasteiger partial charge in [-0.1, -0.05) is 29.8 Å². The van der Waals surface area contributed by atoms with Crippen LogP contribution in [0.4, 0.5) is 13.2 Å². The van der Waals surface area contributed by atoms with Crippen LogP contribution in [-0.4, -0.2) is 37.0 Å². The molecule has 0 amide bonds. The molecule has 1 unspecified atom stereocenters. The van der Waals surface area contributed by atoms with E-state index in [1.165, 1.54) is 12.1 Å². The number of hydrogen-bond acceptors (Lipinski definition) is 3. The lowest BCUT2D eigenvalue weighted by molar-refractivity contribution is -0.181. The summed E-state index contributed by atoms with van der Waals surface area (Å²) in [5.41, 5.74) is 5.03. The minimum Gasteiger partial charge on any atom is -0.480 e. The van der Waals surface area contributed by atoms with Crippen molar-refractivity contribution in [3.63, 3.8) is 0 Å². The summed E-state index contributed by atoms with van der Waals surface area (Å²) >= 11 is 0. The van der Waals surface area contributed by atoms with E-state index in [1.54, 1.807) is 12.1 Å². The van der Waals surface area contributed by atoms with Crippen LogP contribution in [0.25, 0.3) is 0 Å². The van der Waals surface area contributed by atoms with Crippen LogP contribution < -0.4 is 5.73 Å². The quantitative estimate of drug-likeness (QED) is 0.839. The van der Waals surface area contributed by atoms with Crippen LogP contribution in [0.15, 0.2) is 24.3 Å². The summed E-state index contributed by atoms with van der Waals surface area (Å²) in [6.07, 6.45) is -4.51. The second kappa shape index (κ2) is 6.23. The number of ether oxygens (including phenoxy) is 1. The molecule has 0 fully saturated rings. The van der Waals surface area contributed by atoms with Crippen molar-refractivity contribution >= 4 is 5.97 Å². The second-order valence-corrected chi connectivity index (χ2v) is 4.57. The molecule has 0 saturated carbocycles. The number of carboxylic acid groups (broad SMARTS) is 1. The maximum Gasteiger partial charge on any atom is 0.411 e. The summed E-state index contributed by atoms with van der Waals surface area (Å²) in [5, 5.41) is 9.33. The predicted octanol–water partition coefficient (Wildman–Crippen LogP) is 1.86. The highest BCUT2D eigenvalue weighted by Crippen LogP contribution is 2.26. The average molecular weight is 291 g/mol. The molecule has 7 heteroatoms. The topological polar surface area (TPSA) is 72.5 Å². The van der Waals surface area contributed by atoms with Gasteiger partial charge in [0.25, 0.3) is 0 Å². The Morgan fingerprint density at radius 3 is 2.20 bits per heavy atom. The number of nitrogens with two attached hydrogens (primary N) is 1. The average Bonchev–Trinajstić information content (AvgIpc) is 2.34. The lowest BCUT2D eigenvalue weighted by Crippen LogP contribution is -2.47. The molecule has 4 nitrogen and oxygen atoms in total. The van der Waals surface area contributed by atoms with Crippen LogP contribution in [0.1, 0.15) is 11.1 Å². The van der Waals surface area contributed by atoms with Gasteiger partial charge in [0, 0.05) is 6.54 Å². The molecule has 3 N–H and O–H groups in total. The van der Waals surface area contributed by atoms with Crippen LogP contribution in [0, 0.1) is 6.92 Å². The zero-order valence-electron chi connectivity index (χ0n) is 10.9. The fourth-order valence-electron chi connectivity index (χ4n) is 1.75. The molecule has 1 aromatic rings. The van der Waals surface area contributed by atoms with Crippen molar-refractivity contribution in [3.8, 4) is 0 Å². The molecule has 0 radical (unpaired) electrons. The Morgan fingerprint density at radius 1 is 1.25 bits per heavy atom. The molecule has 0 aliphatic carbocycles. The van der Waals surface area contributed by atoms with Gasteiger partial charge in [-0.2, -0.15) is 13.2 Å². The molecule has 0 aliphatic heterocycles.